The monoisotopic (exact) mass is 233 g/mol. The van der Waals surface area contributed by atoms with E-state index in [4.69, 9.17) is 10.5 Å². The topological polar surface area (TPSA) is 51.4 Å². The van der Waals surface area contributed by atoms with Gasteiger partial charge < -0.3 is 10.5 Å². The van der Waals surface area contributed by atoms with E-state index < -0.39 is 0 Å². The summed E-state index contributed by atoms with van der Waals surface area (Å²) in [7, 11) is 0. The lowest BCUT2D eigenvalue weighted by Crippen LogP contribution is -2.47. The van der Waals surface area contributed by atoms with Gasteiger partial charge in [-0.15, -0.1) is 0 Å². The van der Waals surface area contributed by atoms with Crippen LogP contribution in [0.5, 0.6) is 0 Å². The number of fused-ring (bicyclic) bond motifs is 1. The Kier molecular flexibility index (Phi) is 2.99. The summed E-state index contributed by atoms with van der Waals surface area (Å²) >= 11 is 0. The molecule has 0 spiro atoms. The van der Waals surface area contributed by atoms with Gasteiger partial charge in [0.05, 0.1) is 12.7 Å². The molecule has 0 amide bonds. The summed E-state index contributed by atoms with van der Waals surface area (Å²) < 4.78 is 5.81. The standard InChI is InChI=1S/C13H19N3O/c14-13-8-10(4-5-15-13)9-16-6-7-17-12-3-1-2-11(12)16/h4-5,8,11-12H,1-3,6-7,9H2,(H2,14,15). The first-order valence-electron chi connectivity index (χ1n) is 6.39. The lowest BCUT2D eigenvalue weighted by molar-refractivity contribution is -0.0588. The SMILES string of the molecule is Nc1cc(CN2CCOC3CCCC32)ccn1. The molecule has 4 heteroatoms. The van der Waals surface area contributed by atoms with Gasteiger partial charge in [-0.1, -0.05) is 0 Å². The predicted octanol–water partition coefficient (Wildman–Crippen LogP) is 1.42. The fourth-order valence-electron chi connectivity index (χ4n) is 3.03. The normalized spacial score (nSPS) is 29.2. The summed E-state index contributed by atoms with van der Waals surface area (Å²) in [6, 6.07) is 4.63. The summed E-state index contributed by atoms with van der Waals surface area (Å²) in [4.78, 5) is 6.57. The van der Waals surface area contributed by atoms with Gasteiger partial charge in [-0.05, 0) is 37.0 Å². The van der Waals surface area contributed by atoms with Crippen LogP contribution in [0.3, 0.4) is 0 Å². The minimum atomic E-state index is 0.461. The predicted molar refractivity (Wildman–Crippen MR) is 66.4 cm³/mol. The van der Waals surface area contributed by atoms with E-state index in [2.05, 4.69) is 16.0 Å². The van der Waals surface area contributed by atoms with E-state index in [1.165, 1.54) is 24.8 Å². The van der Waals surface area contributed by atoms with Crippen molar-refractivity contribution in [2.75, 3.05) is 18.9 Å². The summed E-state index contributed by atoms with van der Waals surface area (Å²) in [6.45, 7) is 2.86. The zero-order valence-corrected chi connectivity index (χ0v) is 10.0. The van der Waals surface area contributed by atoms with Gasteiger partial charge in [0.2, 0.25) is 0 Å². The van der Waals surface area contributed by atoms with Crippen LogP contribution >= 0.6 is 0 Å². The van der Waals surface area contributed by atoms with Crippen molar-refractivity contribution in [2.45, 2.75) is 38.0 Å². The number of pyridine rings is 1. The smallest absolute Gasteiger partial charge is 0.123 e. The molecule has 4 nitrogen and oxygen atoms in total. The molecule has 2 N–H and O–H groups in total. The van der Waals surface area contributed by atoms with Gasteiger partial charge in [0, 0.05) is 25.3 Å². The van der Waals surface area contributed by atoms with Crippen LogP contribution in [0.1, 0.15) is 24.8 Å². The maximum absolute atomic E-state index is 5.81. The number of rotatable bonds is 2. The van der Waals surface area contributed by atoms with E-state index in [0.717, 1.165) is 19.7 Å². The Morgan fingerprint density at radius 3 is 3.29 bits per heavy atom. The van der Waals surface area contributed by atoms with E-state index in [0.29, 0.717) is 18.0 Å². The second-order valence-corrected chi connectivity index (χ2v) is 4.97. The van der Waals surface area contributed by atoms with E-state index in [1.54, 1.807) is 6.20 Å². The van der Waals surface area contributed by atoms with Crippen molar-refractivity contribution in [3.8, 4) is 0 Å². The largest absolute Gasteiger partial charge is 0.384 e. The third-order valence-corrected chi connectivity index (χ3v) is 3.83. The molecule has 2 heterocycles. The number of nitrogens with two attached hydrogens (primary N) is 1. The Bertz CT molecular complexity index is 396. The summed E-state index contributed by atoms with van der Waals surface area (Å²) in [5, 5.41) is 0. The zero-order chi connectivity index (χ0) is 11.7. The molecule has 1 aromatic heterocycles. The maximum Gasteiger partial charge on any atom is 0.123 e. The van der Waals surface area contributed by atoms with E-state index in [-0.39, 0.29) is 0 Å². The molecule has 3 rings (SSSR count). The van der Waals surface area contributed by atoms with Gasteiger partial charge in [0.1, 0.15) is 5.82 Å². The molecule has 1 aromatic rings. The summed E-state index contributed by atoms with van der Waals surface area (Å²) in [5.74, 6) is 0.610. The molecule has 17 heavy (non-hydrogen) atoms. The van der Waals surface area contributed by atoms with Crippen LogP contribution < -0.4 is 5.73 Å². The summed E-state index contributed by atoms with van der Waals surface area (Å²) in [6.07, 6.45) is 6.04. The molecule has 1 saturated heterocycles. The van der Waals surface area contributed by atoms with Gasteiger partial charge in [-0.3, -0.25) is 4.90 Å². The highest BCUT2D eigenvalue weighted by Crippen LogP contribution is 2.30. The fourth-order valence-corrected chi connectivity index (χ4v) is 3.03. The Balaban J connectivity index is 1.71. The third-order valence-electron chi connectivity index (χ3n) is 3.83. The molecule has 92 valence electrons. The number of nitrogen functional groups attached to an aromatic ring is 1. The molecule has 0 radical (unpaired) electrons. The first kappa shape index (κ1) is 11.0. The second-order valence-electron chi connectivity index (χ2n) is 4.97. The molecule has 2 fully saturated rings. The van der Waals surface area contributed by atoms with Gasteiger partial charge in [-0.25, -0.2) is 4.98 Å². The highest BCUT2D eigenvalue weighted by molar-refractivity contribution is 5.31. The maximum atomic E-state index is 5.81. The van der Waals surface area contributed by atoms with Crippen molar-refractivity contribution in [3.05, 3.63) is 23.9 Å². The number of aromatic nitrogens is 1. The Morgan fingerprint density at radius 2 is 2.41 bits per heavy atom. The lowest BCUT2D eigenvalue weighted by Gasteiger charge is -2.37. The Labute approximate surface area is 102 Å². The second kappa shape index (κ2) is 4.63. The molecule has 0 bridgehead atoms. The number of anilines is 1. The molecule has 1 aliphatic carbocycles. The van der Waals surface area contributed by atoms with Crippen molar-refractivity contribution >= 4 is 5.82 Å². The average molecular weight is 233 g/mol. The zero-order valence-electron chi connectivity index (χ0n) is 10.0. The van der Waals surface area contributed by atoms with Crippen LogP contribution in [0.2, 0.25) is 0 Å². The van der Waals surface area contributed by atoms with Crippen LogP contribution in [0, 0.1) is 0 Å². The number of hydrogen-bond donors (Lipinski definition) is 1. The lowest BCUT2D eigenvalue weighted by atomic mass is 10.1. The van der Waals surface area contributed by atoms with E-state index in [9.17, 15) is 0 Å². The number of nitrogens with zero attached hydrogens (tertiary/aromatic N) is 2. The summed E-state index contributed by atoms with van der Waals surface area (Å²) in [5.41, 5.74) is 6.97. The average Bonchev–Trinajstić information content (AvgIpc) is 2.78. The molecule has 1 saturated carbocycles. The third kappa shape index (κ3) is 2.28. The molecular weight excluding hydrogens is 214 g/mol. The minimum absolute atomic E-state index is 0.461. The molecule has 2 atom stereocenters. The number of hydrogen-bond acceptors (Lipinski definition) is 4. The van der Waals surface area contributed by atoms with Crippen molar-refractivity contribution in [1.29, 1.82) is 0 Å². The Morgan fingerprint density at radius 1 is 1.47 bits per heavy atom. The van der Waals surface area contributed by atoms with Crippen LogP contribution in [0.15, 0.2) is 18.3 Å². The van der Waals surface area contributed by atoms with E-state index in [1.807, 2.05) is 6.07 Å². The van der Waals surface area contributed by atoms with Crippen molar-refractivity contribution in [3.63, 3.8) is 0 Å². The quantitative estimate of drug-likeness (QED) is 0.839. The number of ether oxygens (including phenoxy) is 1. The van der Waals surface area contributed by atoms with E-state index >= 15 is 0 Å². The highest BCUT2D eigenvalue weighted by atomic mass is 16.5. The first-order valence-corrected chi connectivity index (χ1v) is 6.39. The first-order chi connectivity index (χ1) is 8.33. The van der Waals surface area contributed by atoms with Crippen LogP contribution in [-0.4, -0.2) is 35.2 Å². The van der Waals surface area contributed by atoms with Gasteiger partial charge >= 0.3 is 0 Å². The fraction of sp³-hybridized carbons (Fsp3) is 0.615. The molecule has 2 unspecified atom stereocenters. The molecule has 1 aliphatic heterocycles. The minimum Gasteiger partial charge on any atom is -0.384 e. The van der Waals surface area contributed by atoms with Crippen molar-refractivity contribution in [1.82, 2.24) is 9.88 Å². The Hall–Kier alpha value is -1.13. The van der Waals surface area contributed by atoms with Crippen molar-refractivity contribution < 1.29 is 4.74 Å². The van der Waals surface area contributed by atoms with Gasteiger partial charge in [0.15, 0.2) is 0 Å². The number of morpholine rings is 1. The van der Waals surface area contributed by atoms with Crippen LogP contribution in [-0.2, 0) is 11.3 Å². The van der Waals surface area contributed by atoms with Crippen molar-refractivity contribution in [2.24, 2.45) is 0 Å². The highest BCUT2D eigenvalue weighted by Gasteiger charge is 2.35. The molecule has 2 aliphatic rings. The van der Waals surface area contributed by atoms with Gasteiger partial charge in [0.25, 0.3) is 0 Å². The molecular formula is C13H19N3O. The van der Waals surface area contributed by atoms with Gasteiger partial charge in [-0.2, -0.15) is 0 Å². The molecule has 0 aromatic carbocycles. The van der Waals surface area contributed by atoms with Crippen LogP contribution in [0.25, 0.3) is 0 Å². The van der Waals surface area contributed by atoms with Crippen LogP contribution in [0.4, 0.5) is 5.82 Å².